The zero-order valence-corrected chi connectivity index (χ0v) is 16.1. The van der Waals surface area contributed by atoms with Crippen molar-refractivity contribution in [3.05, 3.63) is 46.3 Å². The van der Waals surface area contributed by atoms with Crippen LogP contribution in [0.4, 0.5) is 5.69 Å². The highest BCUT2D eigenvalue weighted by Crippen LogP contribution is 2.32. The van der Waals surface area contributed by atoms with Gasteiger partial charge in [-0.15, -0.1) is 11.3 Å². The maximum atomic E-state index is 12.8. The Labute approximate surface area is 156 Å². The number of halogens is 1. The highest BCUT2D eigenvalue weighted by Gasteiger charge is 2.40. The van der Waals surface area contributed by atoms with Crippen molar-refractivity contribution in [1.82, 2.24) is 4.31 Å². The third-order valence-electron chi connectivity index (χ3n) is 4.25. The van der Waals surface area contributed by atoms with Crippen LogP contribution in [0.1, 0.15) is 25.3 Å². The van der Waals surface area contributed by atoms with Crippen LogP contribution in [0.25, 0.3) is 0 Å². The van der Waals surface area contributed by atoms with Crippen LogP contribution in [-0.4, -0.2) is 31.2 Å². The van der Waals surface area contributed by atoms with Crippen LogP contribution in [0.5, 0.6) is 0 Å². The monoisotopic (exact) mass is 398 g/mol. The minimum atomic E-state index is -3.71. The fourth-order valence-electron chi connectivity index (χ4n) is 2.89. The zero-order chi connectivity index (χ0) is 18.0. The van der Waals surface area contributed by atoms with Crippen molar-refractivity contribution in [2.75, 3.05) is 11.9 Å². The van der Waals surface area contributed by atoms with Crippen molar-refractivity contribution in [2.45, 2.75) is 36.4 Å². The molecule has 1 saturated heterocycles. The molecule has 1 aliphatic heterocycles. The maximum Gasteiger partial charge on any atom is 0.253 e. The molecule has 0 bridgehead atoms. The first-order chi connectivity index (χ1) is 11.9. The molecule has 0 aliphatic carbocycles. The molecule has 1 aromatic heterocycles. The van der Waals surface area contributed by atoms with Gasteiger partial charge in [-0.25, -0.2) is 8.42 Å². The van der Waals surface area contributed by atoms with Gasteiger partial charge in [0.25, 0.3) is 10.0 Å². The van der Waals surface area contributed by atoms with E-state index >= 15 is 0 Å². The number of sulfonamides is 1. The van der Waals surface area contributed by atoms with Crippen LogP contribution in [0.3, 0.4) is 0 Å². The van der Waals surface area contributed by atoms with Crippen LogP contribution in [0.2, 0.25) is 4.34 Å². The average Bonchev–Trinajstić information content (AvgIpc) is 3.25. The Kier molecular flexibility index (Phi) is 5.48. The molecule has 2 heterocycles. The molecule has 2 aromatic rings. The molecule has 0 unspecified atom stereocenters. The molecule has 134 valence electrons. The first kappa shape index (κ1) is 18.4. The number of hydrogen-bond donors (Lipinski definition) is 1. The van der Waals surface area contributed by atoms with Crippen LogP contribution in [0, 0.1) is 0 Å². The Balaban J connectivity index is 1.77. The summed E-state index contributed by atoms with van der Waals surface area (Å²) in [7, 11) is -3.71. The Bertz CT molecular complexity index is 862. The van der Waals surface area contributed by atoms with Gasteiger partial charge in [0, 0.05) is 12.2 Å². The van der Waals surface area contributed by atoms with Gasteiger partial charge in [-0.3, -0.25) is 4.79 Å². The molecule has 25 heavy (non-hydrogen) atoms. The molecule has 3 rings (SSSR count). The first-order valence-electron chi connectivity index (χ1n) is 8.09. The molecule has 0 saturated carbocycles. The number of hydrogen-bond acceptors (Lipinski definition) is 4. The van der Waals surface area contributed by atoms with E-state index in [0.29, 0.717) is 29.4 Å². The number of nitrogens with one attached hydrogen (secondary N) is 1. The molecule has 1 aromatic carbocycles. The second-order valence-corrected chi connectivity index (χ2v) is 9.70. The molecule has 0 spiro atoms. The van der Waals surface area contributed by atoms with E-state index in [2.05, 4.69) is 12.2 Å². The van der Waals surface area contributed by atoms with Crippen LogP contribution < -0.4 is 5.32 Å². The standard InChI is InChI=1S/C17H19ClN2O3S2/c1-2-12-5-7-13(8-6-12)19-17(21)14-4-3-11-20(14)25(22,23)16-10-9-15(18)24-16/h5-10,14H,2-4,11H2,1H3,(H,19,21)/t14-/m1/s1. The molecular formula is C17H19ClN2O3S2. The average molecular weight is 399 g/mol. The predicted octanol–water partition coefficient (Wildman–Crippen LogP) is 3.76. The summed E-state index contributed by atoms with van der Waals surface area (Å²) >= 11 is 6.87. The molecule has 8 heteroatoms. The topological polar surface area (TPSA) is 66.5 Å². The maximum absolute atomic E-state index is 12.8. The fourth-order valence-corrected chi connectivity index (χ4v) is 6.16. The third-order valence-corrected chi connectivity index (χ3v) is 7.85. The minimum Gasteiger partial charge on any atom is -0.325 e. The van der Waals surface area contributed by atoms with Crippen molar-refractivity contribution < 1.29 is 13.2 Å². The molecule has 5 nitrogen and oxygen atoms in total. The summed E-state index contributed by atoms with van der Waals surface area (Å²) < 4.78 is 27.5. The van der Waals surface area contributed by atoms with E-state index in [4.69, 9.17) is 11.6 Å². The molecule has 1 aliphatic rings. The van der Waals surface area contributed by atoms with E-state index in [0.717, 1.165) is 17.8 Å². The molecule has 1 amide bonds. The second-order valence-electron chi connectivity index (χ2n) is 5.87. The van der Waals surface area contributed by atoms with E-state index in [9.17, 15) is 13.2 Å². The summed E-state index contributed by atoms with van der Waals surface area (Å²) in [4.78, 5) is 12.6. The number of nitrogens with zero attached hydrogens (tertiary/aromatic N) is 1. The van der Waals surface area contributed by atoms with Gasteiger partial charge >= 0.3 is 0 Å². The Morgan fingerprint density at radius 1 is 1.28 bits per heavy atom. The number of rotatable bonds is 5. The third kappa shape index (κ3) is 3.89. The molecule has 1 N–H and O–H groups in total. The highest BCUT2D eigenvalue weighted by atomic mass is 35.5. The molecule has 0 radical (unpaired) electrons. The summed E-state index contributed by atoms with van der Waals surface area (Å²) in [5, 5.41) is 2.83. The van der Waals surface area contributed by atoms with Gasteiger partial charge in [0.2, 0.25) is 5.91 Å². The fraction of sp³-hybridized carbons (Fsp3) is 0.353. The van der Waals surface area contributed by atoms with E-state index in [1.54, 1.807) is 6.07 Å². The predicted molar refractivity (Wildman–Crippen MR) is 101 cm³/mol. The van der Waals surface area contributed by atoms with Gasteiger partial charge in [-0.1, -0.05) is 30.7 Å². The van der Waals surface area contributed by atoms with Crippen molar-refractivity contribution in [1.29, 1.82) is 0 Å². The van der Waals surface area contributed by atoms with Gasteiger partial charge in [0.05, 0.1) is 4.34 Å². The van der Waals surface area contributed by atoms with E-state index < -0.39 is 16.1 Å². The summed E-state index contributed by atoms with van der Waals surface area (Å²) in [5.41, 5.74) is 1.85. The normalized spacial score (nSPS) is 18.4. The van der Waals surface area contributed by atoms with Gasteiger partial charge in [-0.2, -0.15) is 4.31 Å². The lowest BCUT2D eigenvalue weighted by atomic mass is 10.1. The summed E-state index contributed by atoms with van der Waals surface area (Å²) in [6, 6.07) is 9.92. The van der Waals surface area contributed by atoms with Gasteiger partial charge in [-0.05, 0) is 49.1 Å². The summed E-state index contributed by atoms with van der Waals surface area (Å²) in [6.07, 6.45) is 2.09. The number of carbonyl (C=O) groups is 1. The first-order valence-corrected chi connectivity index (χ1v) is 10.7. The second kappa shape index (κ2) is 7.45. The summed E-state index contributed by atoms with van der Waals surface area (Å²) in [5.74, 6) is -0.298. The minimum absolute atomic E-state index is 0.171. The number of benzene rings is 1. The Hall–Kier alpha value is -1.41. The van der Waals surface area contributed by atoms with Crippen molar-refractivity contribution in [3.63, 3.8) is 0 Å². The number of anilines is 1. The zero-order valence-electron chi connectivity index (χ0n) is 13.7. The number of carbonyl (C=O) groups excluding carboxylic acids is 1. The molecule has 1 atom stereocenters. The number of thiophene rings is 1. The van der Waals surface area contributed by atoms with Crippen molar-refractivity contribution in [2.24, 2.45) is 0 Å². The Morgan fingerprint density at radius 3 is 2.60 bits per heavy atom. The lowest BCUT2D eigenvalue weighted by molar-refractivity contribution is -0.119. The van der Waals surface area contributed by atoms with Crippen molar-refractivity contribution >= 4 is 44.6 Å². The summed E-state index contributed by atoms with van der Waals surface area (Å²) in [6.45, 7) is 2.40. The smallest absolute Gasteiger partial charge is 0.253 e. The van der Waals surface area contributed by atoms with Crippen molar-refractivity contribution in [3.8, 4) is 0 Å². The van der Waals surface area contributed by atoms with Crippen LogP contribution in [0.15, 0.2) is 40.6 Å². The lowest BCUT2D eigenvalue weighted by Crippen LogP contribution is -2.42. The number of aryl methyl sites for hydroxylation is 1. The van der Waals surface area contributed by atoms with Gasteiger partial charge in [0.1, 0.15) is 10.3 Å². The van der Waals surface area contributed by atoms with Gasteiger partial charge in [0.15, 0.2) is 0 Å². The molecule has 1 fully saturated rings. The number of amides is 1. The quantitative estimate of drug-likeness (QED) is 0.833. The lowest BCUT2D eigenvalue weighted by Gasteiger charge is -2.22. The van der Waals surface area contributed by atoms with Crippen LogP contribution in [-0.2, 0) is 21.2 Å². The van der Waals surface area contributed by atoms with E-state index in [1.807, 2.05) is 24.3 Å². The van der Waals surface area contributed by atoms with Gasteiger partial charge < -0.3 is 5.32 Å². The highest BCUT2D eigenvalue weighted by molar-refractivity contribution is 7.91. The van der Waals surface area contributed by atoms with E-state index in [1.165, 1.54) is 15.9 Å². The van der Waals surface area contributed by atoms with Crippen LogP contribution >= 0.6 is 22.9 Å². The molecular weight excluding hydrogens is 380 g/mol. The Morgan fingerprint density at radius 2 is 2.00 bits per heavy atom. The van der Waals surface area contributed by atoms with E-state index in [-0.39, 0.29) is 10.1 Å². The SMILES string of the molecule is CCc1ccc(NC(=O)[C@H]2CCCN2S(=O)(=O)c2ccc(Cl)s2)cc1. The largest absolute Gasteiger partial charge is 0.325 e.